The Morgan fingerprint density at radius 2 is 1.94 bits per heavy atom. The van der Waals surface area contributed by atoms with E-state index in [1.165, 1.54) is 24.8 Å². The minimum absolute atomic E-state index is 0.278. The van der Waals surface area contributed by atoms with E-state index in [1.807, 2.05) is 43.4 Å². The van der Waals surface area contributed by atoms with Gasteiger partial charge in [0, 0.05) is 23.8 Å². The lowest BCUT2D eigenvalue weighted by Gasteiger charge is -2.19. The summed E-state index contributed by atoms with van der Waals surface area (Å²) in [6.07, 6.45) is 23.7. The highest BCUT2D eigenvalue weighted by Crippen LogP contribution is 2.34. The van der Waals surface area contributed by atoms with Crippen LogP contribution in [0.15, 0.2) is 85.2 Å². The van der Waals surface area contributed by atoms with Crippen LogP contribution in [-0.2, 0) is 17.1 Å². The maximum absolute atomic E-state index is 6.19. The second-order valence-electron chi connectivity index (χ2n) is 7.86. The van der Waals surface area contributed by atoms with E-state index in [1.54, 1.807) is 0 Å². The van der Waals surface area contributed by atoms with E-state index in [0.29, 0.717) is 24.7 Å². The molecule has 0 saturated carbocycles. The number of allylic oxidation sites excluding steroid dienone is 8. The van der Waals surface area contributed by atoms with Crippen LogP contribution in [0.2, 0.25) is 0 Å². The van der Waals surface area contributed by atoms with E-state index in [2.05, 4.69) is 55.3 Å². The van der Waals surface area contributed by atoms with Crippen LogP contribution in [0.1, 0.15) is 44.2 Å². The SMILES string of the molecule is C=C(/C=C\C=C/C)Oc1c(CSN)cc(COCC2C=CC=CC=C2)cc1NCCCCC. The van der Waals surface area contributed by atoms with Gasteiger partial charge in [0.25, 0.3) is 0 Å². The average Bonchev–Trinajstić information content (AvgIpc) is 3.08. The van der Waals surface area contributed by atoms with E-state index in [9.17, 15) is 0 Å². The van der Waals surface area contributed by atoms with Crippen molar-refractivity contribution < 1.29 is 9.47 Å². The molecule has 0 heterocycles. The van der Waals surface area contributed by atoms with Gasteiger partial charge in [-0.3, -0.25) is 5.14 Å². The largest absolute Gasteiger partial charge is 0.456 e. The Kier molecular flexibility index (Phi) is 13.1. The summed E-state index contributed by atoms with van der Waals surface area (Å²) in [5, 5.41) is 9.42. The molecule has 0 unspecified atom stereocenters. The molecule has 1 aliphatic carbocycles. The minimum Gasteiger partial charge on any atom is -0.456 e. The predicted molar refractivity (Wildman–Crippen MR) is 144 cm³/mol. The van der Waals surface area contributed by atoms with Gasteiger partial charge in [-0.1, -0.05) is 93.0 Å². The first-order valence-corrected chi connectivity index (χ1v) is 12.7. The molecule has 1 aliphatic rings. The molecule has 0 spiro atoms. The van der Waals surface area contributed by atoms with Gasteiger partial charge in [-0.15, -0.1) is 0 Å². The maximum Gasteiger partial charge on any atom is 0.154 e. The number of hydrogen-bond acceptors (Lipinski definition) is 5. The zero-order valence-electron chi connectivity index (χ0n) is 20.0. The molecule has 4 nitrogen and oxygen atoms in total. The third kappa shape index (κ3) is 10.3. The molecule has 1 aromatic rings. The third-order valence-electron chi connectivity index (χ3n) is 5.01. The molecule has 33 heavy (non-hydrogen) atoms. The topological polar surface area (TPSA) is 56.5 Å². The number of ether oxygens (including phenoxy) is 2. The van der Waals surface area contributed by atoms with Crippen LogP contribution in [0.25, 0.3) is 0 Å². The number of nitrogens with two attached hydrogens (primary N) is 1. The van der Waals surface area contributed by atoms with Crippen LogP contribution >= 0.6 is 11.9 Å². The van der Waals surface area contributed by atoms with Gasteiger partial charge < -0.3 is 14.8 Å². The van der Waals surface area contributed by atoms with E-state index in [-0.39, 0.29) is 5.92 Å². The van der Waals surface area contributed by atoms with Crippen molar-refractivity contribution in [2.24, 2.45) is 11.1 Å². The van der Waals surface area contributed by atoms with Crippen LogP contribution in [-0.4, -0.2) is 13.2 Å². The lowest BCUT2D eigenvalue weighted by atomic mass is 10.1. The van der Waals surface area contributed by atoms with Crippen molar-refractivity contribution in [3.05, 3.63) is 96.4 Å². The number of anilines is 1. The van der Waals surface area contributed by atoms with E-state index in [4.69, 9.17) is 14.6 Å². The Bertz CT molecular complexity index is 868. The summed E-state index contributed by atoms with van der Waals surface area (Å²) in [7, 11) is 0. The Morgan fingerprint density at radius 3 is 2.64 bits per heavy atom. The predicted octanol–water partition coefficient (Wildman–Crippen LogP) is 7.24. The zero-order valence-corrected chi connectivity index (χ0v) is 20.8. The van der Waals surface area contributed by atoms with Crippen molar-refractivity contribution in [2.75, 3.05) is 18.5 Å². The Morgan fingerprint density at radius 1 is 1.15 bits per heavy atom. The van der Waals surface area contributed by atoms with E-state index >= 15 is 0 Å². The summed E-state index contributed by atoms with van der Waals surface area (Å²) in [6, 6.07) is 4.24. The first kappa shape index (κ1) is 26.8. The van der Waals surface area contributed by atoms with Gasteiger partial charge >= 0.3 is 0 Å². The standard InChI is InChI=1S/C28H38N2O2S/c1-4-6-10-14-23(3)32-28-26(22-33-29)18-25(19-27(28)30-17-13-7-5-2)21-31-20-24-15-11-8-9-12-16-24/h4,6,8-12,14-16,18-19,24,30H,3,5,7,13,17,20-22,29H2,1-2H3/b6-4-,14-10-. The van der Waals surface area contributed by atoms with E-state index in [0.717, 1.165) is 35.5 Å². The lowest BCUT2D eigenvalue weighted by molar-refractivity contribution is 0.110. The summed E-state index contributed by atoms with van der Waals surface area (Å²) < 4.78 is 12.2. The van der Waals surface area contributed by atoms with Gasteiger partial charge in [0.05, 0.1) is 18.9 Å². The number of unbranched alkanes of at least 4 members (excludes halogenated alkanes) is 2. The number of nitrogens with one attached hydrogen (secondary N) is 1. The fourth-order valence-electron chi connectivity index (χ4n) is 3.35. The van der Waals surface area contributed by atoms with E-state index < -0.39 is 0 Å². The second kappa shape index (κ2) is 16.2. The Balaban J connectivity index is 2.19. The lowest BCUT2D eigenvalue weighted by Crippen LogP contribution is -2.09. The molecule has 2 rings (SSSR count). The molecule has 178 valence electrons. The Labute approximate surface area is 204 Å². The summed E-state index contributed by atoms with van der Waals surface area (Å²) in [5.74, 6) is 2.28. The van der Waals surface area contributed by atoms with Crippen molar-refractivity contribution in [3.8, 4) is 5.75 Å². The molecule has 5 heteroatoms. The van der Waals surface area contributed by atoms with Crippen LogP contribution in [0.5, 0.6) is 5.75 Å². The van der Waals surface area contributed by atoms with Crippen LogP contribution in [0.4, 0.5) is 5.69 Å². The van der Waals surface area contributed by atoms with Gasteiger partial charge in [-0.05, 0) is 37.1 Å². The van der Waals surface area contributed by atoms with Gasteiger partial charge in [-0.25, -0.2) is 0 Å². The molecule has 0 bridgehead atoms. The monoisotopic (exact) mass is 466 g/mol. The zero-order chi connectivity index (χ0) is 23.7. The molecule has 1 aromatic carbocycles. The number of hydrogen-bond donors (Lipinski definition) is 2. The van der Waals surface area contributed by atoms with Crippen LogP contribution < -0.4 is 15.2 Å². The molecule has 3 N–H and O–H groups in total. The highest BCUT2D eigenvalue weighted by atomic mass is 32.2. The highest BCUT2D eigenvalue weighted by molar-refractivity contribution is 7.96. The fourth-order valence-corrected chi connectivity index (χ4v) is 3.75. The number of benzene rings is 1. The first-order chi connectivity index (χ1) is 16.2. The first-order valence-electron chi connectivity index (χ1n) is 11.6. The smallest absolute Gasteiger partial charge is 0.154 e. The van der Waals surface area contributed by atoms with Crippen molar-refractivity contribution in [1.82, 2.24) is 0 Å². The quantitative estimate of drug-likeness (QED) is 0.123. The average molecular weight is 467 g/mol. The molecule has 0 saturated heterocycles. The van der Waals surface area contributed by atoms with Gasteiger partial charge in [0.15, 0.2) is 5.75 Å². The second-order valence-corrected chi connectivity index (χ2v) is 8.49. The normalized spacial score (nSPS) is 13.8. The maximum atomic E-state index is 6.19. The molecular weight excluding hydrogens is 428 g/mol. The molecule has 0 radical (unpaired) electrons. The molecule has 0 fully saturated rings. The molecular formula is C28H38N2O2S. The van der Waals surface area contributed by atoms with Crippen LogP contribution in [0, 0.1) is 5.92 Å². The highest BCUT2D eigenvalue weighted by Gasteiger charge is 2.14. The fraction of sp³-hybridized carbons (Fsp3) is 0.357. The molecule has 0 aromatic heterocycles. The minimum atomic E-state index is 0.278. The Hall–Kier alpha value is -2.47. The van der Waals surface area contributed by atoms with Crippen molar-refractivity contribution in [3.63, 3.8) is 0 Å². The summed E-state index contributed by atoms with van der Waals surface area (Å²) in [5.41, 5.74) is 3.08. The number of rotatable bonds is 15. The third-order valence-corrected chi connectivity index (χ3v) is 5.49. The van der Waals surface area contributed by atoms with Crippen molar-refractivity contribution in [2.45, 2.75) is 45.5 Å². The van der Waals surface area contributed by atoms with Crippen LogP contribution in [0.3, 0.4) is 0 Å². The summed E-state index contributed by atoms with van der Waals surface area (Å²) in [6.45, 7) is 10.3. The van der Waals surface area contributed by atoms with Crippen molar-refractivity contribution >= 4 is 17.6 Å². The summed E-state index contributed by atoms with van der Waals surface area (Å²) in [4.78, 5) is 0. The summed E-state index contributed by atoms with van der Waals surface area (Å²) >= 11 is 1.28. The molecule has 0 aliphatic heterocycles. The van der Waals surface area contributed by atoms with Gasteiger partial charge in [0.1, 0.15) is 5.76 Å². The molecule has 0 atom stereocenters. The van der Waals surface area contributed by atoms with Crippen molar-refractivity contribution in [1.29, 1.82) is 0 Å². The van der Waals surface area contributed by atoms with Gasteiger partial charge in [0.2, 0.25) is 0 Å². The molecule has 0 amide bonds. The van der Waals surface area contributed by atoms with Gasteiger partial charge in [-0.2, -0.15) is 0 Å².